The van der Waals surface area contributed by atoms with Crippen LogP contribution in [0.1, 0.15) is 11.8 Å². The topological polar surface area (TPSA) is 59.3 Å². The average molecular weight is 349 g/mol. The number of nitrogens with one attached hydrogen (secondary N) is 2. The van der Waals surface area contributed by atoms with Crippen LogP contribution in [0.2, 0.25) is 0 Å². The predicted octanol–water partition coefficient (Wildman–Crippen LogP) is 2.22. The molecule has 0 aliphatic carbocycles. The molecule has 3 rings (SSSR count). The first-order valence-electron chi connectivity index (χ1n) is 5.83. The zero-order valence-electron chi connectivity index (χ0n) is 10.4. The summed E-state index contributed by atoms with van der Waals surface area (Å²) in [5.41, 5.74) is 0.864. The van der Waals surface area contributed by atoms with Crippen molar-refractivity contribution in [2.75, 3.05) is 20.2 Å². The summed E-state index contributed by atoms with van der Waals surface area (Å²) in [4.78, 5) is 0. The third-order valence-electron chi connectivity index (χ3n) is 3.19. The highest BCUT2D eigenvalue weighted by Gasteiger charge is 2.25. The number of benzene rings is 1. The van der Waals surface area contributed by atoms with Crippen molar-refractivity contribution in [3.8, 4) is 0 Å². The number of nitrogens with zero attached hydrogens (tertiary/aromatic N) is 1. The largest absolute Gasteiger partial charge is 0.365 e. The molecule has 0 radical (unpaired) electrons. The van der Waals surface area contributed by atoms with E-state index >= 15 is 0 Å². The summed E-state index contributed by atoms with van der Waals surface area (Å²) in [7, 11) is 1.70. The monoisotopic (exact) mass is 347 g/mol. The Hall–Kier alpha value is -0.660. The van der Waals surface area contributed by atoms with Crippen molar-refractivity contribution in [1.29, 1.82) is 0 Å². The van der Waals surface area contributed by atoms with Gasteiger partial charge in [-0.3, -0.25) is 5.32 Å². The average Bonchev–Trinajstić information content (AvgIpc) is 2.84. The summed E-state index contributed by atoms with van der Waals surface area (Å²) in [6, 6.07) is 6.09. The van der Waals surface area contributed by atoms with E-state index in [1.807, 2.05) is 18.2 Å². The lowest BCUT2D eigenvalue weighted by molar-refractivity contribution is 0.0500. The molecular weight excluding hydrogens is 334 g/mol. The second-order valence-corrected chi connectivity index (χ2v) is 5.13. The number of fused-ring (bicyclic) bond motifs is 1. The van der Waals surface area contributed by atoms with Crippen molar-refractivity contribution >= 4 is 39.2 Å². The van der Waals surface area contributed by atoms with E-state index in [2.05, 4.69) is 31.7 Å². The van der Waals surface area contributed by atoms with E-state index in [0.29, 0.717) is 0 Å². The molecule has 5 nitrogen and oxygen atoms in total. The van der Waals surface area contributed by atoms with Gasteiger partial charge in [-0.25, -0.2) is 0 Å². The van der Waals surface area contributed by atoms with Crippen LogP contribution in [0.3, 0.4) is 0 Å². The molecular formula is C12H15BrClN3O2. The zero-order valence-corrected chi connectivity index (χ0v) is 12.8. The predicted molar refractivity (Wildman–Crippen MR) is 78.5 cm³/mol. The molecule has 2 unspecified atom stereocenters. The van der Waals surface area contributed by atoms with Crippen LogP contribution in [0.4, 0.5) is 0 Å². The van der Waals surface area contributed by atoms with Crippen molar-refractivity contribution in [3.05, 3.63) is 28.4 Å². The van der Waals surface area contributed by atoms with Crippen molar-refractivity contribution in [3.63, 3.8) is 0 Å². The van der Waals surface area contributed by atoms with E-state index < -0.39 is 0 Å². The molecule has 2 atom stereocenters. The van der Waals surface area contributed by atoms with Crippen LogP contribution in [0, 0.1) is 0 Å². The number of rotatable bonds is 2. The summed E-state index contributed by atoms with van der Waals surface area (Å²) >= 11 is 3.48. The van der Waals surface area contributed by atoms with Gasteiger partial charge in [-0.2, -0.15) is 0 Å². The molecule has 0 bridgehead atoms. The normalized spacial score (nSPS) is 23.3. The van der Waals surface area contributed by atoms with Crippen LogP contribution in [-0.4, -0.2) is 31.6 Å². The van der Waals surface area contributed by atoms with Crippen molar-refractivity contribution in [2.45, 2.75) is 12.3 Å². The number of methoxy groups -OCH3 is 1. The van der Waals surface area contributed by atoms with Gasteiger partial charge in [0.1, 0.15) is 11.7 Å². The fraction of sp³-hybridized carbons (Fsp3) is 0.417. The van der Waals surface area contributed by atoms with Crippen molar-refractivity contribution in [2.24, 2.45) is 0 Å². The van der Waals surface area contributed by atoms with Crippen LogP contribution in [0.5, 0.6) is 0 Å². The number of aromatic nitrogens is 1. The van der Waals surface area contributed by atoms with Gasteiger partial charge >= 0.3 is 0 Å². The minimum absolute atomic E-state index is 0. The molecule has 7 heteroatoms. The lowest BCUT2D eigenvalue weighted by atomic mass is 10.1. The summed E-state index contributed by atoms with van der Waals surface area (Å²) in [5.74, 6) is 0.869. The third kappa shape index (κ3) is 2.78. The van der Waals surface area contributed by atoms with Gasteiger partial charge in [0.25, 0.3) is 0 Å². The van der Waals surface area contributed by atoms with Gasteiger partial charge in [-0.15, -0.1) is 12.4 Å². The third-order valence-corrected chi connectivity index (χ3v) is 3.83. The Morgan fingerprint density at radius 3 is 2.89 bits per heavy atom. The van der Waals surface area contributed by atoms with Gasteiger partial charge in [0, 0.05) is 30.1 Å². The molecule has 1 aliphatic heterocycles. The number of ether oxygens (including phenoxy) is 1. The lowest BCUT2D eigenvalue weighted by Gasteiger charge is -2.28. The van der Waals surface area contributed by atoms with Crippen LogP contribution >= 0.6 is 28.3 Å². The molecule has 1 aromatic heterocycles. The summed E-state index contributed by atoms with van der Waals surface area (Å²) in [6.07, 6.45) is 0.0576. The summed E-state index contributed by atoms with van der Waals surface area (Å²) in [6.45, 7) is 1.51. The molecule has 2 N–H and O–H groups in total. The van der Waals surface area contributed by atoms with Gasteiger partial charge in [0.05, 0.1) is 6.04 Å². The van der Waals surface area contributed by atoms with E-state index in [1.54, 1.807) is 7.11 Å². The quantitative estimate of drug-likeness (QED) is 0.871. The molecule has 1 fully saturated rings. The maximum atomic E-state index is 5.48. The van der Waals surface area contributed by atoms with Gasteiger partial charge in [0.2, 0.25) is 0 Å². The second-order valence-electron chi connectivity index (χ2n) is 4.28. The fourth-order valence-corrected chi connectivity index (χ4v) is 2.64. The highest BCUT2D eigenvalue weighted by molar-refractivity contribution is 9.10. The summed E-state index contributed by atoms with van der Waals surface area (Å²) < 4.78 is 11.7. The van der Waals surface area contributed by atoms with E-state index in [-0.39, 0.29) is 24.7 Å². The molecule has 0 saturated carbocycles. The Balaban J connectivity index is 0.00000133. The maximum Gasteiger partial charge on any atom is 0.162 e. The molecule has 1 aromatic carbocycles. The number of hydrogen-bond donors (Lipinski definition) is 2. The second kappa shape index (κ2) is 6.19. The van der Waals surface area contributed by atoms with Gasteiger partial charge in [-0.05, 0) is 28.1 Å². The van der Waals surface area contributed by atoms with Gasteiger partial charge < -0.3 is 14.6 Å². The standard InChI is InChI=1S/C12H14BrN3O2.ClH/c1-17-10-6-14-9(5-15-10)12-7-3-2-4-8(13)11(7)16-18-12;/h2-4,9-10,14-15H,5-6H2,1H3;1H. The zero-order chi connectivity index (χ0) is 12.5. The van der Waals surface area contributed by atoms with Crippen molar-refractivity contribution in [1.82, 2.24) is 15.8 Å². The fourth-order valence-electron chi connectivity index (χ4n) is 2.20. The van der Waals surface area contributed by atoms with E-state index in [9.17, 15) is 0 Å². The van der Waals surface area contributed by atoms with Crippen LogP contribution in [-0.2, 0) is 4.74 Å². The molecule has 0 amide bonds. The summed E-state index contributed by atoms with van der Waals surface area (Å²) in [5, 5.41) is 11.9. The minimum atomic E-state index is 0. The van der Waals surface area contributed by atoms with Gasteiger partial charge in [0.15, 0.2) is 5.76 Å². The SMILES string of the molecule is COC1CNC(c2onc3c(Br)cccc23)CN1.Cl. The first kappa shape index (κ1) is 14.7. The first-order chi connectivity index (χ1) is 8.79. The molecule has 1 aliphatic rings. The molecule has 1 saturated heterocycles. The molecule has 19 heavy (non-hydrogen) atoms. The molecule has 2 aromatic rings. The maximum absolute atomic E-state index is 5.48. The minimum Gasteiger partial charge on any atom is -0.365 e. The van der Waals surface area contributed by atoms with Crippen LogP contribution in [0.15, 0.2) is 27.2 Å². The number of halogens is 2. The highest BCUT2D eigenvalue weighted by atomic mass is 79.9. The first-order valence-corrected chi connectivity index (χ1v) is 6.62. The van der Waals surface area contributed by atoms with Crippen LogP contribution in [0.25, 0.3) is 10.9 Å². The Labute approximate surface area is 125 Å². The smallest absolute Gasteiger partial charge is 0.162 e. The molecule has 2 heterocycles. The lowest BCUT2D eigenvalue weighted by Crippen LogP contribution is -2.50. The van der Waals surface area contributed by atoms with Crippen molar-refractivity contribution < 1.29 is 9.26 Å². The Kier molecular flexibility index (Phi) is 4.81. The van der Waals surface area contributed by atoms with E-state index in [1.165, 1.54) is 0 Å². The van der Waals surface area contributed by atoms with Crippen LogP contribution < -0.4 is 10.6 Å². The highest BCUT2D eigenvalue weighted by Crippen LogP contribution is 2.29. The van der Waals surface area contributed by atoms with Gasteiger partial charge in [-0.1, -0.05) is 11.2 Å². The van der Waals surface area contributed by atoms with E-state index in [4.69, 9.17) is 9.26 Å². The Morgan fingerprint density at radius 1 is 1.37 bits per heavy atom. The number of hydrogen-bond acceptors (Lipinski definition) is 5. The molecule has 104 valence electrons. The Bertz CT molecular complexity index is 555. The molecule has 0 spiro atoms. The van der Waals surface area contributed by atoms with E-state index in [0.717, 1.165) is 34.2 Å². The Morgan fingerprint density at radius 2 is 2.21 bits per heavy atom. The number of piperazine rings is 1.